The molecule has 0 atom stereocenters. The summed E-state index contributed by atoms with van der Waals surface area (Å²) in [7, 11) is 6.54. The molecule has 0 bridgehead atoms. The number of anilines is 1. The predicted molar refractivity (Wildman–Crippen MR) is 83.0 cm³/mol. The van der Waals surface area contributed by atoms with Crippen LogP contribution in [-0.4, -0.2) is 51.6 Å². The lowest BCUT2D eigenvalue weighted by Gasteiger charge is -2.11. The van der Waals surface area contributed by atoms with Crippen LogP contribution in [0.4, 0.5) is 5.69 Å². The molecule has 1 aromatic carbocycles. The Morgan fingerprint density at radius 3 is 2.52 bits per heavy atom. The molecular formula is C14H22N4O3. The van der Waals surface area contributed by atoms with Crippen molar-refractivity contribution in [3.8, 4) is 11.5 Å². The third kappa shape index (κ3) is 5.21. The topological polar surface area (TPSA) is 89.2 Å². The molecule has 0 aliphatic heterocycles. The van der Waals surface area contributed by atoms with Gasteiger partial charge in [-0.05, 0) is 12.1 Å². The summed E-state index contributed by atoms with van der Waals surface area (Å²) < 4.78 is 10.4. The van der Waals surface area contributed by atoms with E-state index in [4.69, 9.17) is 15.2 Å². The first-order valence-corrected chi connectivity index (χ1v) is 6.47. The summed E-state index contributed by atoms with van der Waals surface area (Å²) in [6.45, 7) is 0.336. The SMILES string of the molecule is COc1ccc(NC(N)=NCCC(=O)N(C)C)cc1OC. The Bertz CT molecular complexity index is 515. The van der Waals surface area contributed by atoms with E-state index in [0.717, 1.165) is 5.69 Å². The molecule has 0 aromatic heterocycles. The maximum absolute atomic E-state index is 11.4. The minimum Gasteiger partial charge on any atom is -0.493 e. The summed E-state index contributed by atoms with van der Waals surface area (Å²) in [6, 6.07) is 5.32. The molecule has 116 valence electrons. The Kier molecular flexibility index (Phi) is 6.32. The second-order valence-electron chi connectivity index (χ2n) is 4.50. The van der Waals surface area contributed by atoms with Gasteiger partial charge in [-0.3, -0.25) is 9.79 Å². The quantitative estimate of drug-likeness (QED) is 0.601. The number of methoxy groups -OCH3 is 2. The van der Waals surface area contributed by atoms with Gasteiger partial charge in [0.05, 0.1) is 20.8 Å². The zero-order chi connectivity index (χ0) is 15.8. The number of amides is 1. The predicted octanol–water partition coefficient (Wildman–Crippen LogP) is 0.909. The number of guanidine groups is 1. The lowest BCUT2D eigenvalue weighted by Crippen LogP contribution is -2.25. The van der Waals surface area contributed by atoms with Crippen molar-refractivity contribution in [1.29, 1.82) is 0 Å². The van der Waals surface area contributed by atoms with Crippen molar-refractivity contribution in [3.05, 3.63) is 18.2 Å². The largest absolute Gasteiger partial charge is 0.493 e. The molecule has 3 N–H and O–H groups in total. The number of rotatable bonds is 6. The van der Waals surface area contributed by atoms with Crippen LogP contribution in [0.25, 0.3) is 0 Å². The second-order valence-corrected chi connectivity index (χ2v) is 4.50. The highest BCUT2D eigenvalue weighted by Crippen LogP contribution is 2.29. The molecule has 0 unspecified atom stereocenters. The van der Waals surface area contributed by atoms with Gasteiger partial charge in [-0.15, -0.1) is 0 Å². The molecule has 0 spiro atoms. The number of hydrogen-bond acceptors (Lipinski definition) is 4. The van der Waals surface area contributed by atoms with Crippen LogP contribution < -0.4 is 20.5 Å². The molecule has 1 amide bonds. The van der Waals surface area contributed by atoms with E-state index in [-0.39, 0.29) is 11.9 Å². The molecule has 0 saturated carbocycles. The standard InChI is InChI=1S/C14H22N4O3/c1-18(2)13(19)7-8-16-14(15)17-10-5-6-11(20-3)12(9-10)21-4/h5-6,9H,7-8H2,1-4H3,(H3,15,16,17). The van der Waals surface area contributed by atoms with Gasteiger partial charge in [0.2, 0.25) is 5.91 Å². The molecule has 7 heteroatoms. The third-order valence-electron chi connectivity index (χ3n) is 2.76. The fourth-order valence-corrected chi connectivity index (χ4v) is 1.60. The number of aliphatic imine (C=N–C) groups is 1. The van der Waals surface area contributed by atoms with E-state index in [1.807, 2.05) is 0 Å². The highest BCUT2D eigenvalue weighted by Gasteiger charge is 2.06. The van der Waals surface area contributed by atoms with Crippen LogP contribution in [0, 0.1) is 0 Å². The van der Waals surface area contributed by atoms with Crippen molar-refractivity contribution in [2.24, 2.45) is 10.7 Å². The van der Waals surface area contributed by atoms with Crippen LogP contribution in [-0.2, 0) is 4.79 Å². The number of hydrogen-bond donors (Lipinski definition) is 2. The van der Waals surface area contributed by atoms with E-state index < -0.39 is 0 Å². The van der Waals surface area contributed by atoms with Gasteiger partial charge < -0.3 is 25.4 Å². The molecular weight excluding hydrogens is 272 g/mol. The van der Waals surface area contributed by atoms with Crippen LogP contribution >= 0.6 is 0 Å². The summed E-state index contributed by atoms with van der Waals surface area (Å²) >= 11 is 0. The summed E-state index contributed by atoms with van der Waals surface area (Å²) in [5, 5.41) is 2.94. The first kappa shape index (κ1) is 16.6. The van der Waals surface area contributed by atoms with Crippen LogP contribution in [0.1, 0.15) is 6.42 Å². The molecule has 21 heavy (non-hydrogen) atoms. The number of carbonyl (C=O) groups excluding carboxylic acids is 1. The van der Waals surface area contributed by atoms with Gasteiger partial charge >= 0.3 is 0 Å². The number of ether oxygens (including phenoxy) is 2. The van der Waals surface area contributed by atoms with Crippen molar-refractivity contribution in [2.45, 2.75) is 6.42 Å². The molecule has 0 saturated heterocycles. The Morgan fingerprint density at radius 2 is 1.95 bits per heavy atom. The monoisotopic (exact) mass is 294 g/mol. The van der Waals surface area contributed by atoms with E-state index in [0.29, 0.717) is 24.5 Å². The summed E-state index contributed by atoms with van der Waals surface area (Å²) in [4.78, 5) is 17.0. The van der Waals surface area contributed by atoms with E-state index in [9.17, 15) is 4.79 Å². The zero-order valence-electron chi connectivity index (χ0n) is 12.8. The van der Waals surface area contributed by atoms with Crippen molar-refractivity contribution in [2.75, 3.05) is 40.2 Å². The molecule has 7 nitrogen and oxygen atoms in total. The van der Waals surface area contributed by atoms with E-state index in [1.54, 1.807) is 46.5 Å². The van der Waals surface area contributed by atoms with Gasteiger partial charge in [0.25, 0.3) is 0 Å². The lowest BCUT2D eigenvalue weighted by molar-refractivity contribution is -0.128. The fraction of sp³-hybridized carbons (Fsp3) is 0.429. The van der Waals surface area contributed by atoms with Crippen molar-refractivity contribution in [1.82, 2.24) is 4.90 Å². The van der Waals surface area contributed by atoms with Gasteiger partial charge in [0.15, 0.2) is 17.5 Å². The zero-order valence-corrected chi connectivity index (χ0v) is 12.8. The highest BCUT2D eigenvalue weighted by molar-refractivity contribution is 5.92. The number of nitrogens with zero attached hydrogens (tertiary/aromatic N) is 2. The summed E-state index contributed by atoms with van der Waals surface area (Å²) in [6.07, 6.45) is 0.321. The minimum atomic E-state index is 0.0117. The Labute approximate surface area is 124 Å². The van der Waals surface area contributed by atoms with E-state index in [2.05, 4.69) is 10.3 Å². The first-order chi connectivity index (χ1) is 9.97. The van der Waals surface area contributed by atoms with Gasteiger partial charge in [0.1, 0.15) is 0 Å². The number of nitrogens with one attached hydrogen (secondary N) is 1. The summed E-state index contributed by atoms with van der Waals surface area (Å²) in [5.41, 5.74) is 6.50. The maximum atomic E-state index is 11.4. The van der Waals surface area contributed by atoms with Crippen LogP contribution in [0.5, 0.6) is 11.5 Å². The first-order valence-electron chi connectivity index (χ1n) is 6.47. The van der Waals surface area contributed by atoms with Gasteiger partial charge in [-0.1, -0.05) is 0 Å². The van der Waals surface area contributed by atoms with E-state index in [1.165, 1.54) is 4.90 Å². The molecule has 1 rings (SSSR count). The van der Waals surface area contributed by atoms with Crippen molar-refractivity contribution >= 4 is 17.6 Å². The molecule has 1 aromatic rings. The van der Waals surface area contributed by atoms with Crippen LogP contribution in [0.15, 0.2) is 23.2 Å². The average molecular weight is 294 g/mol. The summed E-state index contributed by atoms with van der Waals surface area (Å²) in [5.74, 6) is 1.49. The minimum absolute atomic E-state index is 0.0117. The molecule has 0 fully saturated rings. The van der Waals surface area contributed by atoms with Gasteiger partial charge in [-0.2, -0.15) is 0 Å². The lowest BCUT2D eigenvalue weighted by atomic mass is 10.3. The number of benzene rings is 1. The molecule has 0 radical (unpaired) electrons. The molecule has 0 aliphatic carbocycles. The van der Waals surface area contributed by atoms with Crippen LogP contribution in [0.3, 0.4) is 0 Å². The van der Waals surface area contributed by atoms with Gasteiger partial charge in [-0.25, -0.2) is 0 Å². The fourth-order valence-electron chi connectivity index (χ4n) is 1.60. The Balaban J connectivity index is 2.62. The highest BCUT2D eigenvalue weighted by atomic mass is 16.5. The maximum Gasteiger partial charge on any atom is 0.223 e. The molecule has 0 heterocycles. The van der Waals surface area contributed by atoms with Crippen LogP contribution in [0.2, 0.25) is 0 Å². The van der Waals surface area contributed by atoms with Crippen molar-refractivity contribution in [3.63, 3.8) is 0 Å². The van der Waals surface area contributed by atoms with E-state index >= 15 is 0 Å². The normalized spacial score (nSPS) is 11.0. The van der Waals surface area contributed by atoms with Crippen molar-refractivity contribution < 1.29 is 14.3 Å². The third-order valence-corrected chi connectivity index (χ3v) is 2.76. The van der Waals surface area contributed by atoms with Gasteiger partial charge in [0, 0.05) is 32.3 Å². The smallest absolute Gasteiger partial charge is 0.223 e. The number of carbonyl (C=O) groups is 1. The Morgan fingerprint density at radius 1 is 1.29 bits per heavy atom. The average Bonchev–Trinajstić information content (AvgIpc) is 2.46. The number of nitrogens with two attached hydrogens (primary N) is 1. The Hall–Kier alpha value is -2.44. The second kappa shape index (κ2) is 7.98. The molecule has 0 aliphatic rings.